The molecule has 0 saturated carbocycles. The molecule has 4 rings (SSSR count). The molecule has 0 spiro atoms. The molecule has 2 unspecified atom stereocenters. The van der Waals surface area contributed by atoms with Gasteiger partial charge in [-0.3, -0.25) is 0 Å². The van der Waals surface area contributed by atoms with E-state index >= 15 is 0 Å². The largest absolute Gasteiger partial charge is 0.250 e. The van der Waals surface area contributed by atoms with Crippen LogP contribution in [0.1, 0.15) is 57.2 Å². The van der Waals surface area contributed by atoms with Crippen molar-refractivity contribution in [2.75, 3.05) is 0 Å². The fourth-order valence-corrected chi connectivity index (χ4v) is 9.01. The minimum Gasteiger partial charge on any atom is -0.146 e. The maximum Gasteiger partial charge on any atom is 0.250 e. The third kappa shape index (κ3) is 5.01. The molecule has 4 heteroatoms. The number of rotatable bonds is 4. The second-order valence-corrected chi connectivity index (χ2v) is 19.3. The summed E-state index contributed by atoms with van der Waals surface area (Å²) in [6.07, 6.45) is 4.81. The number of hydrogen-bond donors (Lipinski definition) is 0. The van der Waals surface area contributed by atoms with Crippen molar-refractivity contribution in [1.29, 1.82) is 0 Å². The first-order valence-corrected chi connectivity index (χ1v) is 17.3. The standard InChI is InChI=1S/2C10H9.C4H10Cl2Si.Zr/c2*1-8-6-9-4-2-3-5-10(9)7-8;1-3-7(5,6)4-2;/h2*2-7H,1H3;3-4H2,1-2H3;. The Bertz CT molecular complexity index is 829. The van der Waals surface area contributed by atoms with Crippen molar-refractivity contribution in [3.8, 4) is 0 Å². The number of allylic oxidation sites excluding steroid dienone is 2. The van der Waals surface area contributed by atoms with Gasteiger partial charge in [0.2, 0.25) is 0 Å². The molecule has 2 atom stereocenters. The summed E-state index contributed by atoms with van der Waals surface area (Å²) >= 11 is 11.0. The first kappa shape index (κ1) is 22.3. The quantitative estimate of drug-likeness (QED) is 0.289. The van der Waals surface area contributed by atoms with E-state index in [0.717, 1.165) is 19.3 Å². The first-order valence-electron chi connectivity index (χ1n) is 10.0. The van der Waals surface area contributed by atoms with E-state index in [1.807, 2.05) is 13.8 Å². The van der Waals surface area contributed by atoms with Crippen LogP contribution in [0.15, 0.2) is 59.7 Å². The molecule has 0 aromatic heterocycles. The summed E-state index contributed by atoms with van der Waals surface area (Å²) in [5.74, 6) is 0. The minimum absolute atomic E-state index is 0.616. The van der Waals surface area contributed by atoms with Gasteiger partial charge >= 0.3 is 138 Å². The van der Waals surface area contributed by atoms with Gasteiger partial charge in [0.25, 0.3) is 6.69 Å². The van der Waals surface area contributed by atoms with E-state index in [1.165, 1.54) is 11.1 Å². The van der Waals surface area contributed by atoms with Crippen molar-refractivity contribution in [3.05, 3.63) is 81.9 Å². The molecule has 2 aliphatic carbocycles. The maximum absolute atomic E-state index is 5.81. The van der Waals surface area contributed by atoms with Gasteiger partial charge in [0, 0.05) is 0 Å². The van der Waals surface area contributed by atoms with Gasteiger partial charge in [-0.25, -0.2) is 0 Å². The molecule has 2 aromatic carbocycles. The molecule has 0 nitrogen and oxygen atoms in total. The van der Waals surface area contributed by atoms with Crippen molar-refractivity contribution in [3.63, 3.8) is 0 Å². The van der Waals surface area contributed by atoms with E-state index in [4.69, 9.17) is 22.2 Å². The number of benzene rings is 2. The minimum atomic E-state index is -1.71. The summed E-state index contributed by atoms with van der Waals surface area (Å²) < 4.78 is 1.48. The Morgan fingerprint density at radius 3 is 1.50 bits per heavy atom. The number of hydrogen-bond acceptors (Lipinski definition) is 0. The van der Waals surface area contributed by atoms with Crippen LogP contribution in [0.3, 0.4) is 0 Å². The zero-order chi connectivity index (χ0) is 20.3. The monoisotopic (exact) mass is 504 g/mol. The Labute approximate surface area is 192 Å². The van der Waals surface area contributed by atoms with Gasteiger partial charge in [-0.2, -0.15) is 0 Å². The molecule has 28 heavy (non-hydrogen) atoms. The predicted octanol–water partition coefficient (Wildman–Crippen LogP) is 8.33. The average molecular weight is 507 g/mol. The van der Waals surface area contributed by atoms with Crippen molar-refractivity contribution in [1.82, 2.24) is 0 Å². The summed E-state index contributed by atoms with van der Waals surface area (Å²) in [6.45, 7) is 7.02. The molecule has 2 aliphatic rings. The van der Waals surface area contributed by atoms with E-state index in [0.29, 0.717) is 0 Å². The summed E-state index contributed by atoms with van der Waals surface area (Å²) in [4.78, 5) is 0. The summed E-state index contributed by atoms with van der Waals surface area (Å²) in [7, 11) is 0. The number of fused-ring (bicyclic) bond motifs is 2. The smallest absolute Gasteiger partial charge is 0.146 e. The topological polar surface area (TPSA) is 0 Å². The van der Waals surface area contributed by atoms with E-state index in [-0.39, 0.29) is 0 Å². The zero-order valence-electron chi connectivity index (χ0n) is 17.1. The third-order valence-electron chi connectivity index (χ3n) is 5.66. The predicted molar refractivity (Wildman–Crippen MR) is 124 cm³/mol. The summed E-state index contributed by atoms with van der Waals surface area (Å²) in [6, 6.07) is 19.9. The summed E-state index contributed by atoms with van der Waals surface area (Å²) in [5, 5.41) is 0. The number of halogens is 2. The van der Waals surface area contributed by atoms with Crippen molar-refractivity contribution >= 4 is 41.0 Å². The SMILES string of the molecule is CC1=Cc2ccccc2[CH]1[Zr][CH]1C(C)=Cc2ccccc21.CC[Si](Cl)(Cl)CC. The van der Waals surface area contributed by atoms with E-state index in [9.17, 15) is 0 Å². The fourth-order valence-electron chi connectivity index (χ4n) is 3.82. The van der Waals surface area contributed by atoms with E-state index < -0.39 is 29.9 Å². The van der Waals surface area contributed by atoms with Gasteiger partial charge in [-0.05, 0) is 12.1 Å². The molecule has 146 valence electrons. The van der Waals surface area contributed by atoms with Crippen LogP contribution < -0.4 is 0 Å². The van der Waals surface area contributed by atoms with Gasteiger partial charge < -0.3 is 0 Å². The molecule has 0 aliphatic heterocycles. The molecular weight excluding hydrogens is 478 g/mol. The molecule has 0 fully saturated rings. The Hall–Kier alpha value is -0.400. The van der Waals surface area contributed by atoms with E-state index in [1.54, 1.807) is 22.3 Å². The van der Waals surface area contributed by atoms with Crippen LogP contribution in [0, 0.1) is 0 Å². The van der Waals surface area contributed by atoms with Gasteiger partial charge in [0.15, 0.2) is 0 Å². The van der Waals surface area contributed by atoms with Crippen LogP contribution in [0.25, 0.3) is 12.2 Å². The molecule has 0 heterocycles. The van der Waals surface area contributed by atoms with Gasteiger partial charge in [0.05, 0.1) is 0 Å². The van der Waals surface area contributed by atoms with Gasteiger partial charge in [0.1, 0.15) is 0 Å². The second kappa shape index (κ2) is 9.61. The molecular formula is C24H28Cl2SiZr. The van der Waals surface area contributed by atoms with Crippen molar-refractivity contribution in [2.45, 2.75) is 47.0 Å². The van der Waals surface area contributed by atoms with Crippen LogP contribution in [0.5, 0.6) is 0 Å². The Morgan fingerprint density at radius 1 is 0.750 bits per heavy atom. The van der Waals surface area contributed by atoms with Crippen LogP contribution in [0.2, 0.25) is 12.1 Å². The summed E-state index contributed by atoms with van der Waals surface area (Å²) in [5.41, 5.74) is 9.24. The van der Waals surface area contributed by atoms with Crippen LogP contribution >= 0.6 is 22.2 Å². The molecule has 0 radical (unpaired) electrons. The van der Waals surface area contributed by atoms with Gasteiger partial charge in [-0.1, -0.05) is 13.8 Å². The van der Waals surface area contributed by atoms with Crippen molar-refractivity contribution in [2.24, 2.45) is 0 Å². The maximum atomic E-state index is 5.81. The second-order valence-electron chi connectivity index (χ2n) is 7.63. The van der Waals surface area contributed by atoms with Crippen molar-refractivity contribution < 1.29 is 23.2 Å². The Kier molecular flexibility index (Phi) is 7.65. The van der Waals surface area contributed by atoms with Gasteiger partial charge in [-0.15, -0.1) is 22.2 Å². The van der Waals surface area contributed by atoms with Crippen LogP contribution in [-0.2, 0) is 23.2 Å². The third-order valence-corrected chi connectivity index (χ3v) is 16.3. The average Bonchev–Trinajstić information content (AvgIpc) is 3.19. The first-order chi connectivity index (χ1) is 13.4. The van der Waals surface area contributed by atoms with Crippen LogP contribution in [-0.4, -0.2) is 6.69 Å². The zero-order valence-corrected chi connectivity index (χ0v) is 22.1. The molecule has 0 N–H and O–H groups in total. The molecule has 2 aromatic rings. The molecule has 0 amide bonds. The molecule has 0 saturated heterocycles. The molecule has 0 bridgehead atoms. The Balaban J connectivity index is 0.000000279. The normalized spacial score (nSPS) is 19.8. The van der Waals surface area contributed by atoms with E-state index in [2.05, 4.69) is 74.5 Å². The Morgan fingerprint density at radius 2 is 1.14 bits per heavy atom. The van der Waals surface area contributed by atoms with Crippen LogP contribution in [0.4, 0.5) is 0 Å². The fraction of sp³-hybridized carbons (Fsp3) is 0.333.